The zero-order chi connectivity index (χ0) is 34.0. The first-order valence-electron chi connectivity index (χ1n) is 16.1. The summed E-state index contributed by atoms with van der Waals surface area (Å²) in [7, 11) is -2.15. The summed E-state index contributed by atoms with van der Waals surface area (Å²) in [6.45, 7) is 18.1. The molecule has 14 heteroatoms. The first-order chi connectivity index (χ1) is 22.4. The van der Waals surface area contributed by atoms with E-state index in [2.05, 4.69) is 54.5 Å². The lowest BCUT2D eigenvalue weighted by atomic mass is 10.2. The van der Waals surface area contributed by atoms with Crippen molar-refractivity contribution in [3.05, 3.63) is 60.2 Å². The minimum Gasteiger partial charge on any atom is -0.445 e. The fourth-order valence-corrected chi connectivity index (χ4v) is 5.63. The van der Waals surface area contributed by atoms with Crippen molar-refractivity contribution in [3.8, 4) is 0 Å². The summed E-state index contributed by atoms with van der Waals surface area (Å²) in [5, 5.41) is 15.9. The lowest BCUT2D eigenvalue weighted by molar-refractivity contribution is 0.0793. The number of anilines is 4. The average molecular weight is 664 g/mol. The van der Waals surface area contributed by atoms with Crippen molar-refractivity contribution in [2.45, 2.75) is 65.4 Å². The zero-order valence-electron chi connectivity index (χ0n) is 28.7. The van der Waals surface area contributed by atoms with Gasteiger partial charge >= 0.3 is 6.09 Å². The van der Waals surface area contributed by atoms with E-state index < -0.39 is 8.32 Å². The number of nitrogens with one attached hydrogen (secondary N) is 3. The summed E-state index contributed by atoms with van der Waals surface area (Å²) in [6.07, 6.45) is 2.75. The zero-order valence-corrected chi connectivity index (χ0v) is 29.7. The van der Waals surface area contributed by atoms with E-state index in [1.807, 2.05) is 49.1 Å². The van der Waals surface area contributed by atoms with Gasteiger partial charge in [-0.05, 0) is 43.6 Å². The molecule has 2 aromatic heterocycles. The van der Waals surface area contributed by atoms with Crippen molar-refractivity contribution in [3.63, 3.8) is 0 Å². The topological polar surface area (TPSA) is 151 Å². The van der Waals surface area contributed by atoms with Crippen molar-refractivity contribution < 1.29 is 18.7 Å². The fourth-order valence-electron chi connectivity index (χ4n) is 4.70. The third kappa shape index (κ3) is 9.69. The summed E-state index contributed by atoms with van der Waals surface area (Å²) in [4.78, 5) is 35.0. The monoisotopic (exact) mass is 663 g/mol. The molecular formula is C33H49N9O4Si. The molecule has 0 radical (unpaired) electrons. The molecule has 3 N–H and O–H groups in total. The van der Waals surface area contributed by atoms with Crippen LogP contribution in [-0.2, 0) is 20.5 Å². The number of amides is 1. The second kappa shape index (κ2) is 16.1. The Morgan fingerprint density at radius 3 is 2.55 bits per heavy atom. The third-order valence-electron chi connectivity index (χ3n) is 8.50. The van der Waals surface area contributed by atoms with Crippen LogP contribution in [0.25, 0.3) is 0 Å². The number of piperazine rings is 1. The molecule has 0 saturated carbocycles. The van der Waals surface area contributed by atoms with E-state index >= 15 is 0 Å². The van der Waals surface area contributed by atoms with Gasteiger partial charge < -0.3 is 39.7 Å². The van der Waals surface area contributed by atoms with Crippen LogP contribution in [0.3, 0.4) is 0 Å². The number of carbonyl (C=O) groups excluding carboxylic acids is 1. The van der Waals surface area contributed by atoms with E-state index in [1.54, 1.807) is 17.2 Å². The molecule has 1 aromatic carbocycles. The van der Waals surface area contributed by atoms with Gasteiger partial charge in [0.15, 0.2) is 14.1 Å². The molecule has 47 heavy (non-hydrogen) atoms. The first kappa shape index (κ1) is 35.7. The number of rotatable bonds is 14. The summed E-state index contributed by atoms with van der Waals surface area (Å²) in [5.74, 6) is 1.45. The summed E-state index contributed by atoms with van der Waals surface area (Å²) in [6, 6.07) is 11.2. The van der Waals surface area contributed by atoms with Gasteiger partial charge in [0.1, 0.15) is 30.1 Å². The Morgan fingerprint density at radius 2 is 1.89 bits per heavy atom. The maximum Gasteiger partial charge on any atom is 0.410 e. The number of hydrogen-bond acceptors (Lipinski definition) is 12. The molecule has 0 bridgehead atoms. The van der Waals surface area contributed by atoms with E-state index in [0.717, 1.165) is 5.56 Å². The Hall–Kier alpha value is -4.14. The quantitative estimate of drug-likeness (QED) is 0.111. The van der Waals surface area contributed by atoms with Crippen molar-refractivity contribution in [2.24, 2.45) is 0 Å². The molecule has 1 amide bonds. The van der Waals surface area contributed by atoms with Gasteiger partial charge in [-0.3, -0.25) is 0 Å². The van der Waals surface area contributed by atoms with Gasteiger partial charge in [-0.15, -0.1) is 0 Å². The van der Waals surface area contributed by atoms with Crippen LogP contribution >= 0.6 is 0 Å². The Bertz CT molecular complexity index is 1470. The summed E-state index contributed by atoms with van der Waals surface area (Å²) < 4.78 is 17.7. The van der Waals surface area contributed by atoms with Crippen LogP contribution in [0.15, 0.2) is 48.9 Å². The van der Waals surface area contributed by atoms with Crippen LogP contribution < -0.4 is 15.5 Å². The standard InChI is InChI=1S/C33H49N9O4Si/c1-8-44-19-16-36-29-28(26(34)22-46-47(6,7)33(3,4)5)39-31(40-30(29)38-27-14-15-35-23-37-27)41-17-18-42(24(2)20-41)32(43)45-21-25-12-10-9-11-13-25/h9-15,23-24,34,36H,8,16-22H2,1-7H3,(H,35,37,38,39,40)/t24-/m1/s1. The van der Waals surface area contributed by atoms with Crippen LogP contribution in [0.5, 0.6) is 0 Å². The van der Waals surface area contributed by atoms with Crippen molar-refractivity contribution in [1.82, 2.24) is 24.8 Å². The molecule has 254 valence electrons. The normalized spacial score (nSPS) is 15.3. The van der Waals surface area contributed by atoms with Crippen LogP contribution in [0.1, 0.15) is 45.9 Å². The Balaban J connectivity index is 1.62. The average Bonchev–Trinajstić information content (AvgIpc) is 3.05. The number of benzene rings is 1. The van der Waals surface area contributed by atoms with E-state index in [1.165, 1.54) is 6.33 Å². The Kier molecular flexibility index (Phi) is 12.2. The predicted octanol–water partition coefficient (Wildman–Crippen LogP) is 5.70. The highest BCUT2D eigenvalue weighted by atomic mass is 28.4. The predicted molar refractivity (Wildman–Crippen MR) is 187 cm³/mol. The van der Waals surface area contributed by atoms with E-state index in [4.69, 9.17) is 23.9 Å². The molecule has 13 nitrogen and oxygen atoms in total. The summed E-state index contributed by atoms with van der Waals surface area (Å²) >= 11 is 0. The number of nitrogens with zero attached hydrogens (tertiary/aromatic N) is 6. The van der Waals surface area contributed by atoms with Crippen molar-refractivity contribution in [2.75, 3.05) is 61.5 Å². The Labute approximate surface area is 279 Å². The fraction of sp³-hybridized carbons (Fsp3) is 0.515. The second-order valence-corrected chi connectivity index (χ2v) is 17.8. The minimum atomic E-state index is -2.15. The van der Waals surface area contributed by atoms with Crippen LogP contribution in [0.4, 0.5) is 28.1 Å². The lowest BCUT2D eigenvalue weighted by Crippen LogP contribution is -2.54. The molecule has 3 heterocycles. The second-order valence-electron chi connectivity index (χ2n) is 13.0. The van der Waals surface area contributed by atoms with E-state index in [-0.39, 0.29) is 36.1 Å². The lowest BCUT2D eigenvalue weighted by Gasteiger charge is -2.39. The van der Waals surface area contributed by atoms with Gasteiger partial charge in [0.05, 0.1) is 18.9 Å². The molecule has 1 atom stereocenters. The molecule has 0 spiro atoms. The highest BCUT2D eigenvalue weighted by molar-refractivity contribution is 6.74. The number of aromatic nitrogens is 4. The number of hydrogen-bond donors (Lipinski definition) is 3. The summed E-state index contributed by atoms with van der Waals surface area (Å²) in [5.41, 5.74) is 2.16. The van der Waals surface area contributed by atoms with Crippen LogP contribution in [-0.4, -0.2) is 97.0 Å². The first-order valence-corrected chi connectivity index (χ1v) is 19.0. The van der Waals surface area contributed by atoms with Crippen LogP contribution in [0, 0.1) is 5.41 Å². The third-order valence-corrected chi connectivity index (χ3v) is 13.0. The highest BCUT2D eigenvalue weighted by Gasteiger charge is 2.38. The maximum absolute atomic E-state index is 13.0. The molecule has 1 aliphatic heterocycles. The van der Waals surface area contributed by atoms with Gasteiger partial charge in [0, 0.05) is 45.0 Å². The van der Waals surface area contributed by atoms with Gasteiger partial charge in [-0.2, -0.15) is 4.98 Å². The molecule has 0 unspecified atom stereocenters. The minimum absolute atomic E-state index is 0.0134. The molecular weight excluding hydrogens is 615 g/mol. The number of carbonyl (C=O) groups is 1. The molecule has 4 rings (SSSR count). The molecule has 0 aliphatic carbocycles. The van der Waals surface area contributed by atoms with Gasteiger partial charge in [-0.1, -0.05) is 51.1 Å². The largest absolute Gasteiger partial charge is 0.445 e. The SMILES string of the molecule is CCOCCNc1c(Nc2ccncn2)nc(N2CCN(C(=O)OCc3ccccc3)[C@H](C)C2)nc1C(=N)CO[Si](C)(C)C(C)(C)C. The molecule has 1 fully saturated rings. The van der Waals surface area contributed by atoms with Crippen LogP contribution in [0.2, 0.25) is 18.1 Å². The van der Waals surface area contributed by atoms with Gasteiger partial charge in [-0.25, -0.2) is 19.7 Å². The molecule has 1 aliphatic rings. The van der Waals surface area contributed by atoms with E-state index in [0.29, 0.717) is 68.4 Å². The van der Waals surface area contributed by atoms with E-state index in [9.17, 15) is 10.2 Å². The highest BCUT2D eigenvalue weighted by Crippen LogP contribution is 2.37. The van der Waals surface area contributed by atoms with Gasteiger partial charge in [0.2, 0.25) is 5.95 Å². The molecule has 3 aromatic rings. The molecule has 1 saturated heterocycles. The Morgan fingerprint density at radius 1 is 1.13 bits per heavy atom. The van der Waals surface area contributed by atoms with Crippen molar-refractivity contribution in [1.29, 1.82) is 5.41 Å². The number of ether oxygens (including phenoxy) is 2. The van der Waals surface area contributed by atoms with Crippen molar-refractivity contribution >= 4 is 43.4 Å². The maximum atomic E-state index is 13.0. The smallest absolute Gasteiger partial charge is 0.410 e. The van der Waals surface area contributed by atoms with Gasteiger partial charge in [0.25, 0.3) is 0 Å².